The van der Waals surface area contributed by atoms with Crippen LogP contribution in [0.25, 0.3) is 10.8 Å². The highest BCUT2D eigenvalue weighted by atomic mass is 79.9. The van der Waals surface area contributed by atoms with E-state index >= 15 is 0 Å². The predicted octanol–water partition coefficient (Wildman–Crippen LogP) is 3.13. The van der Waals surface area contributed by atoms with Crippen LogP contribution in [0.4, 0.5) is 5.69 Å². The van der Waals surface area contributed by atoms with Gasteiger partial charge < -0.3 is 0 Å². The molecular formula is C13H12BrNO2S. The monoisotopic (exact) mass is 325 g/mol. The SMILES string of the molecule is O=S1(=O)c2cccc3cccc(c23)N1CCCBr. The summed E-state index contributed by atoms with van der Waals surface area (Å²) < 4.78 is 26.5. The lowest BCUT2D eigenvalue weighted by Gasteiger charge is -2.17. The summed E-state index contributed by atoms with van der Waals surface area (Å²) in [4.78, 5) is 0.435. The molecule has 0 saturated heterocycles. The van der Waals surface area contributed by atoms with Crippen LogP contribution < -0.4 is 4.31 Å². The molecule has 0 aliphatic carbocycles. The average Bonchev–Trinajstić information content (AvgIpc) is 2.59. The van der Waals surface area contributed by atoms with Crippen molar-refractivity contribution in [2.45, 2.75) is 11.3 Å². The van der Waals surface area contributed by atoms with Gasteiger partial charge in [0.15, 0.2) is 0 Å². The van der Waals surface area contributed by atoms with Crippen molar-refractivity contribution >= 4 is 42.4 Å². The maximum absolute atomic E-state index is 12.5. The van der Waals surface area contributed by atoms with Crippen molar-refractivity contribution in [3.63, 3.8) is 0 Å². The van der Waals surface area contributed by atoms with Crippen LogP contribution in [0, 0.1) is 0 Å². The predicted molar refractivity (Wildman–Crippen MR) is 76.9 cm³/mol. The summed E-state index contributed by atoms with van der Waals surface area (Å²) in [6.45, 7) is 0.515. The van der Waals surface area contributed by atoms with Crippen LogP contribution in [0.5, 0.6) is 0 Å². The Balaban J connectivity index is 2.27. The molecule has 94 valence electrons. The minimum absolute atomic E-state index is 0.435. The first-order valence-electron chi connectivity index (χ1n) is 5.77. The van der Waals surface area contributed by atoms with E-state index in [2.05, 4.69) is 15.9 Å². The Morgan fingerprint density at radius 3 is 2.56 bits per heavy atom. The summed E-state index contributed by atoms with van der Waals surface area (Å²) in [6.07, 6.45) is 0.795. The second-order valence-electron chi connectivity index (χ2n) is 4.25. The number of nitrogens with zero attached hydrogens (tertiary/aromatic N) is 1. The third-order valence-corrected chi connectivity index (χ3v) is 5.59. The molecule has 1 aliphatic heterocycles. The molecule has 0 amide bonds. The average molecular weight is 326 g/mol. The molecule has 0 atom stereocenters. The van der Waals surface area contributed by atoms with E-state index in [1.165, 1.54) is 4.31 Å². The van der Waals surface area contributed by atoms with Gasteiger partial charge in [-0.1, -0.05) is 40.2 Å². The van der Waals surface area contributed by atoms with Gasteiger partial charge in [-0.25, -0.2) is 8.42 Å². The van der Waals surface area contributed by atoms with Crippen LogP contribution in [-0.4, -0.2) is 20.3 Å². The summed E-state index contributed by atoms with van der Waals surface area (Å²) in [5.74, 6) is 0. The zero-order valence-electron chi connectivity index (χ0n) is 9.64. The molecular weight excluding hydrogens is 314 g/mol. The van der Waals surface area contributed by atoms with Crippen LogP contribution in [0.2, 0.25) is 0 Å². The molecule has 5 heteroatoms. The van der Waals surface area contributed by atoms with E-state index in [1.54, 1.807) is 12.1 Å². The number of hydrogen-bond acceptors (Lipinski definition) is 2. The third-order valence-electron chi connectivity index (χ3n) is 3.18. The first kappa shape index (κ1) is 12.0. The molecule has 0 fully saturated rings. The Morgan fingerprint density at radius 2 is 1.83 bits per heavy atom. The Kier molecular flexibility index (Phi) is 2.83. The fourth-order valence-corrected chi connectivity index (χ4v) is 4.40. The number of hydrogen-bond donors (Lipinski definition) is 0. The lowest BCUT2D eigenvalue weighted by Crippen LogP contribution is -2.28. The van der Waals surface area contributed by atoms with E-state index < -0.39 is 10.0 Å². The summed E-state index contributed by atoms with van der Waals surface area (Å²) in [6, 6.07) is 11.2. The summed E-state index contributed by atoms with van der Waals surface area (Å²) >= 11 is 3.34. The number of benzene rings is 2. The first-order valence-corrected chi connectivity index (χ1v) is 8.33. The summed E-state index contributed by atoms with van der Waals surface area (Å²) in [5.41, 5.74) is 0.809. The standard InChI is InChI=1S/C13H12BrNO2S/c14-8-3-9-15-11-6-1-4-10-5-2-7-12(13(10)11)18(15,16)17/h1-2,4-7H,3,8-9H2. The van der Waals surface area contributed by atoms with Crippen LogP contribution in [0.3, 0.4) is 0 Å². The summed E-state index contributed by atoms with van der Waals surface area (Å²) in [5, 5.41) is 2.63. The molecule has 0 saturated carbocycles. The molecule has 18 heavy (non-hydrogen) atoms. The highest BCUT2D eigenvalue weighted by Gasteiger charge is 2.34. The summed E-state index contributed by atoms with van der Waals surface area (Å²) in [7, 11) is -3.36. The fraction of sp³-hybridized carbons (Fsp3) is 0.231. The van der Waals surface area contributed by atoms with Crippen molar-refractivity contribution in [1.82, 2.24) is 0 Å². The van der Waals surface area contributed by atoms with Gasteiger partial charge >= 0.3 is 0 Å². The Bertz CT molecular complexity index is 707. The van der Waals surface area contributed by atoms with E-state index in [1.807, 2.05) is 24.3 Å². The minimum atomic E-state index is -3.36. The van der Waals surface area contributed by atoms with E-state index in [0.29, 0.717) is 11.4 Å². The normalized spacial score (nSPS) is 16.4. The van der Waals surface area contributed by atoms with Crippen LogP contribution in [0.1, 0.15) is 6.42 Å². The van der Waals surface area contributed by atoms with E-state index in [4.69, 9.17) is 0 Å². The molecule has 3 nitrogen and oxygen atoms in total. The molecule has 0 unspecified atom stereocenters. The molecule has 0 radical (unpaired) electrons. The van der Waals surface area contributed by atoms with Crippen molar-refractivity contribution in [1.29, 1.82) is 0 Å². The van der Waals surface area contributed by atoms with Gasteiger partial charge in [-0.05, 0) is 23.9 Å². The first-order chi connectivity index (χ1) is 8.66. The van der Waals surface area contributed by atoms with Crippen LogP contribution >= 0.6 is 15.9 Å². The van der Waals surface area contributed by atoms with Crippen molar-refractivity contribution in [2.24, 2.45) is 0 Å². The van der Waals surface area contributed by atoms with Crippen molar-refractivity contribution < 1.29 is 8.42 Å². The van der Waals surface area contributed by atoms with Crippen molar-refractivity contribution in [2.75, 3.05) is 16.2 Å². The number of alkyl halides is 1. The lowest BCUT2D eigenvalue weighted by molar-refractivity contribution is 0.593. The topological polar surface area (TPSA) is 37.4 Å². The van der Waals surface area contributed by atoms with E-state index in [-0.39, 0.29) is 0 Å². The maximum atomic E-state index is 12.5. The molecule has 2 aromatic carbocycles. The maximum Gasteiger partial charge on any atom is 0.265 e. The van der Waals surface area contributed by atoms with Crippen molar-refractivity contribution in [3.8, 4) is 0 Å². The second-order valence-corrected chi connectivity index (χ2v) is 6.87. The minimum Gasteiger partial charge on any atom is -0.266 e. The second kappa shape index (κ2) is 4.24. The molecule has 0 N–H and O–H groups in total. The fourth-order valence-electron chi connectivity index (χ4n) is 2.40. The van der Waals surface area contributed by atoms with Crippen molar-refractivity contribution in [3.05, 3.63) is 36.4 Å². The molecule has 1 aliphatic rings. The lowest BCUT2D eigenvalue weighted by atomic mass is 10.1. The van der Waals surface area contributed by atoms with Gasteiger partial charge in [-0.2, -0.15) is 0 Å². The van der Waals surface area contributed by atoms with E-state index in [0.717, 1.165) is 28.2 Å². The van der Waals surface area contributed by atoms with Gasteiger partial charge in [0.05, 0.1) is 10.6 Å². The molecule has 0 spiro atoms. The van der Waals surface area contributed by atoms with Gasteiger partial charge in [0, 0.05) is 17.3 Å². The molecule has 1 heterocycles. The highest BCUT2D eigenvalue weighted by Crippen LogP contribution is 2.41. The Labute approximate surface area is 115 Å². The highest BCUT2D eigenvalue weighted by molar-refractivity contribution is 9.09. The van der Waals surface area contributed by atoms with Crippen LogP contribution in [-0.2, 0) is 10.0 Å². The number of anilines is 1. The Morgan fingerprint density at radius 1 is 1.11 bits per heavy atom. The number of halogens is 1. The molecule has 0 aromatic heterocycles. The Hall–Kier alpha value is -1.07. The quantitative estimate of drug-likeness (QED) is 0.813. The zero-order valence-corrected chi connectivity index (χ0v) is 12.0. The molecule has 0 bridgehead atoms. The third kappa shape index (κ3) is 1.57. The molecule has 3 rings (SSSR count). The van der Waals surface area contributed by atoms with Gasteiger partial charge in [0.1, 0.15) is 0 Å². The van der Waals surface area contributed by atoms with Gasteiger partial charge in [0.25, 0.3) is 10.0 Å². The largest absolute Gasteiger partial charge is 0.266 e. The van der Waals surface area contributed by atoms with Gasteiger partial charge in [-0.15, -0.1) is 0 Å². The molecule has 2 aromatic rings. The van der Waals surface area contributed by atoms with Gasteiger partial charge in [-0.3, -0.25) is 4.31 Å². The van der Waals surface area contributed by atoms with E-state index in [9.17, 15) is 8.42 Å². The van der Waals surface area contributed by atoms with Gasteiger partial charge in [0.2, 0.25) is 0 Å². The number of sulfonamides is 1. The number of rotatable bonds is 3. The smallest absolute Gasteiger partial charge is 0.265 e. The van der Waals surface area contributed by atoms with Crippen LogP contribution in [0.15, 0.2) is 41.3 Å². The zero-order chi connectivity index (χ0) is 12.8.